The second-order valence-corrected chi connectivity index (χ2v) is 7.11. The molecule has 8 heteroatoms. The summed E-state index contributed by atoms with van der Waals surface area (Å²) in [6.07, 6.45) is 3.88. The maximum atomic E-state index is 14.0. The van der Waals surface area contributed by atoms with Gasteiger partial charge in [-0.1, -0.05) is 0 Å². The van der Waals surface area contributed by atoms with Crippen molar-refractivity contribution in [2.24, 2.45) is 0 Å². The van der Waals surface area contributed by atoms with Crippen LogP contribution in [0.1, 0.15) is 12.0 Å². The first kappa shape index (κ1) is 17.5. The monoisotopic (exact) mass is 378 g/mol. The van der Waals surface area contributed by atoms with E-state index < -0.39 is 11.6 Å². The van der Waals surface area contributed by atoms with Crippen molar-refractivity contribution in [1.82, 2.24) is 10.3 Å². The lowest BCUT2D eigenvalue weighted by atomic mass is 10.1. The highest BCUT2D eigenvalue weighted by Gasteiger charge is 2.31. The molecular formula is C18H20F2N4OS. The molecular weight excluding hydrogens is 358 g/mol. The minimum Gasteiger partial charge on any atom is -0.385 e. The van der Waals surface area contributed by atoms with Crippen molar-refractivity contribution >= 4 is 29.4 Å². The van der Waals surface area contributed by atoms with Crippen molar-refractivity contribution in [2.75, 3.05) is 43.0 Å². The quantitative estimate of drug-likeness (QED) is 0.796. The van der Waals surface area contributed by atoms with Crippen LogP contribution in [0.25, 0.3) is 17.3 Å². The Morgan fingerprint density at radius 2 is 2.27 bits per heavy atom. The van der Waals surface area contributed by atoms with Crippen molar-refractivity contribution in [3.05, 3.63) is 34.9 Å². The summed E-state index contributed by atoms with van der Waals surface area (Å²) in [5, 5.41) is 5.45. The molecule has 2 N–H and O–H groups in total. The van der Waals surface area contributed by atoms with Gasteiger partial charge in [0.2, 0.25) is 0 Å². The van der Waals surface area contributed by atoms with E-state index in [9.17, 15) is 8.78 Å². The highest BCUT2D eigenvalue weighted by molar-refractivity contribution is 8.03. The van der Waals surface area contributed by atoms with Crippen LogP contribution in [0, 0.1) is 11.6 Å². The summed E-state index contributed by atoms with van der Waals surface area (Å²) < 4.78 is 36.1. The molecule has 1 atom stereocenters. The molecule has 0 bridgehead atoms. The Labute approximate surface area is 155 Å². The Kier molecular flexibility index (Phi) is 4.97. The Balaban J connectivity index is 1.78. The number of nitrogens with zero attached hydrogens (tertiary/aromatic N) is 2. The Hall–Kier alpha value is -1.90. The van der Waals surface area contributed by atoms with Crippen LogP contribution >= 0.6 is 11.9 Å². The molecule has 1 aliphatic carbocycles. The first-order chi connectivity index (χ1) is 12.7. The largest absolute Gasteiger partial charge is 0.385 e. The molecule has 1 saturated heterocycles. The van der Waals surface area contributed by atoms with Crippen LogP contribution in [0.4, 0.5) is 20.2 Å². The van der Waals surface area contributed by atoms with Crippen molar-refractivity contribution in [3.8, 4) is 11.3 Å². The van der Waals surface area contributed by atoms with E-state index in [0.717, 1.165) is 49.2 Å². The molecule has 1 fully saturated rings. The van der Waals surface area contributed by atoms with Gasteiger partial charge in [0.15, 0.2) is 11.6 Å². The lowest BCUT2D eigenvalue weighted by Crippen LogP contribution is -2.51. The fourth-order valence-corrected chi connectivity index (χ4v) is 4.17. The zero-order chi connectivity index (χ0) is 18.1. The fraction of sp³-hybridized carbons (Fsp3) is 0.389. The molecule has 0 spiro atoms. The molecule has 3 aliphatic heterocycles. The van der Waals surface area contributed by atoms with Crippen LogP contribution < -0.4 is 14.9 Å². The van der Waals surface area contributed by atoms with E-state index in [1.807, 2.05) is 11.5 Å². The predicted octanol–water partition coefficient (Wildman–Crippen LogP) is 3.32. The van der Waals surface area contributed by atoms with Crippen molar-refractivity contribution in [2.45, 2.75) is 12.5 Å². The van der Waals surface area contributed by atoms with Crippen LogP contribution in [-0.4, -0.2) is 44.4 Å². The van der Waals surface area contributed by atoms with Gasteiger partial charge in [0, 0.05) is 50.5 Å². The maximum Gasteiger partial charge on any atom is 0.177 e. The maximum absolute atomic E-state index is 14.0. The second kappa shape index (κ2) is 7.38. The summed E-state index contributed by atoms with van der Waals surface area (Å²) in [6.45, 7) is 3.12. The summed E-state index contributed by atoms with van der Waals surface area (Å²) in [5.74, 6) is -1.84. The number of piperazine rings is 1. The topological polar surface area (TPSA) is 49.4 Å². The van der Waals surface area contributed by atoms with Crippen LogP contribution in [0.5, 0.6) is 0 Å². The van der Waals surface area contributed by atoms with E-state index >= 15 is 0 Å². The smallest absolute Gasteiger partial charge is 0.177 e. The third-order valence-electron chi connectivity index (χ3n) is 4.79. The number of aromatic nitrogens is 1. The zero-order valence-electron chi connectivity index (χ0n) is 14.4. The SMILES string of the molecule is COCC[C@H]1CN(c2c3ncc(F)c(F)cc-3c3c2C=CSN3)CCN1. The summed E-state index contributed by atoms with van der Waals surface area (Å²) >= 11 is 1.41. The molecule has 0 aromatic heterocycles. The first-order valence-electron chi connectivity index (χ1n) is 8.55. The minimum atomic E-state index is -0.946. The van der Waals surface area contributed by atoms with E-state index in [4.69, 9.17) is 4.74 Å². The van der Waals surface area contributed by atoms with Gasteiger partial charge in [0.05, 0.1) is 23.3 Å². The number of hydrogen-bond acceptors (Lipinski definition) is 6. The average Bonchev–Trinajstić information content (AvgIpc) is 2.89. The van der Waals surface area contributed by atoms with Gasteiger partial charge in [0.1, 0.15) is 0 Å². The van der Waals surface area contributed by atoms with Gasteiger partial charge < -0.3 is 19.7 Å². The van der Waals surface area contributed by atoms with Gasteiger partial charge in [0.25, 0.3) is 0 Å². The summed E-state index contributed by atoms with van der Waals surface area (Å²) in [4.78, 5) is 6.54. The third-order valence-corrected chi connectivity index (χ3v) is 5.38. The molecule has 26 heavy (non-hydrogen) atoms. The molecule has 5 nitrogen and oxygen atoms in total. The number of anilines is 2. The third kappa shape index (κ3) is 3.13. The predicted molar refractivity (Wildman–Crippen MR) is 102 cm³/mol. The van der Waals surface area contributed by atoms with E-state index in [0.29, 0.717) is 23.9 Å². The number of fused-ring (bicyclic) bond motifs is 3. The van der Waals surface area contributed by atoms with Crippen molar-refractivity contribution < 1.29 is 13.5 Å². The number of rotatable bonds is 4. The highest BCUT2D eigenvalue weighted by atomic mass is 32.2. The van der Waals surface area contributed by atoms with Gasteiger partial charge in [-0.2, -0.15) is 0 Å². The highest BCUT2D eigenvalue weighted by Crippen LogP contribution is 2.49. The van der Waals surface area contributed by atoms with Crippen molar-refractivity contribution in [1.29, 1.82) is 0 Å². The fourth-order valence-electron chi connectivity index (χ4n) is 3.56. The second-order valence-electron chi connectivity index (χ2n) is 6.40. The lowest BCUT2D eigenvalue weighted by Gasteiger charge is -2.35. The number of hydrogen-bond donors (Lipinski definition) is 2. The molecule has 0 amide bonds. The number of nitrogens with one attached hydrogen (secondary N) is 2. The number of ether oxygens (including phenoxy) is 1. The first-order valence-corrected chi connectivity index (χ1v) is 9.43. The summed E-state index contributed by atoms with van der Waals surface area (Å²) in [6, 6.07) is 1.53. The average molecular weight is 378 g/mol. The standard InChI is InChI=1S/C18H20F2N4OS/c1-25-6-2-11-10-24(5-4-21-11)18-12-3-7-26-23-16(12)13-8-14(19)15(20)9-22-17(13)18/h3,7-9,11,21,23H,2,4-6,10H2,1H3/t11-/m0/s1. The Bertz CT molecular complexity index is 816. The van der Waals surface area contributed by atoms with Crippen LogP contribution in [0.2, 0.25) is 0 Å². The van der Waals surface area contributed by atoms with E-state index in [1.54, 1.807) is 7.11 Å². The molecule has 138 valence electrons. The van der Waals surface area contributed by atoms with Crippen molar-refractivity contribution in [3.63, 3.8) is 0 Å². The van der Waals surface area contributed by atoms with Gasteiger partial charge in [-0.25, -0.2) is 8.78 Å². The molecule has 0 aromatic rings. The molecule has 0 radical (unpaired) electrons. The van der Waals surface area contributed by atoms with E-state index in [1.165, 1.54) is 18.0 Å². The number of halogens is 2. The van der Waals surface area contributed by atoms with Gasteiger partial charge >= 0.3 is 0 Å². The molecule has 0 saturated carbocycles. The van der Waals surface area contributed by atoms with Gasteiger partial charge in [-0.3, -0.25) is 4.98 Å². The molecule has 0 unspecified atom stereocenters. The van der Waals surface area contributed by atoms with Crippen LogP contribution in [-0.2, 0) is 4.74 Å². The van der Waals surface area contributed by atoms with Gasteiger partial charge in [-0.15, -0.1) is 0 Å². The molecule has 4 rings (SSSR count). The lowest BCUT2D eigenvalue weighted by molar-refractivity contribution is 0.181. The van der Waals surface area contributed by atoms with Crippen LogP contribution in [0.15, 0.2) is 17.7 Å². The van der Waals surface area contributed by atoms with Crippen LogP contribution in [0.3, 0.4) is 0 Å². The Morgan fingerprint density at radius 1 is 1.38 bits per heavy atom. The Morgan fingerprint density at radius 3 is 3.12 bits per heavy atom. The van der Waals surface area contributed by atoms with E-state index in [-0.39, 0.29) is 0 Å². The zero-order valence-corrected chi connectivity index (χ0v) is 15.2. The number of methoxy groups -OCH3 is 1. The molecule has 3 heterocycles. The summed E-state index contributed by atoms with van der Waals surface area (Å²) in [7, 11) is 1.70. The molecule has 4 aliphatic rings. The molecule has 0 aromatic carbocycles. The normalized spacial score (nSPS) is 19.5. The van der Waals surface area contributed by atoms with E-state index in [2.05, 4.69) is 19.9 Å². The minimum absolute atomic E-state index is 0.296. The summed E-state index contributed by atoms with van der Waals surface area (Å²) in [5.41, 5.74) is 3.91. The van der Waals surface area contributed by atoms with Gasteiger partial charge in [-0.05, 0) is 35.9 Å².